The van der Waals surface area contributed by atoms with Crippen LogP contribution in [0.3, 0.4) is 0 Å². The first-order valence-electron chi connectivity index (χ1n) is 5.70. The van der Waals surface area contributed by atoms with Crippen LogP contribution in [0.15, 0.2) is 29.3 Å². The number of hydrogen-bond donors (Lipinski definition) is 2. The normalized spacial score (nSPS) is 11.8. The molecular formula is C14H19NO2S. The van der Waals surface area contributed by atoms with Gasteiger partial charge in [-0.2, -0.15) is 0 Å². The number of methoxy groups -OCH3 is 1. The summed E-state index contributed by atoms with van der Waals surface area (Å²) in [5.41, 5.74) is 2.49. The fourth-order valence-corrected chi connectivity index (χ4v) is 1.65. The highest BCUT2D eigenvalue weighted by Crippen LogP contribution is 2.31. The molecule has 3 nitrogen and oxygen atoms in total. The largest absolute Gasteiger partial charge is 0.495 e. The van der Waals surface area contributed by atoms with Crippen LogP contribution in [0.25, 0.3) is 0 Å². The van der Waals surface area contributed by atoms with Crippen molar-refractivity contribution in [3.8, 4) is 5.75 Å². The quantitative estimate of drug-likeness (QED) is 0.801. The van der Waals surface area contributed by atoms with Gasteiger partial charge < -0.3 is 10.1 Å². The van der Waals surface area contributed by atoms with Crippen molar-refractivity contribution in [1.29, 1.82) is 0 Å². The van der Waals surface area contributed by atoms with Gasteiger partial charge in [0.05, 0.1) is 18.7 Å². The van der Waals surface area contributed by atoms with Crippen molar-refractivity contribution in [2.24, 2.45) is 5.92 Å². The number of ketones is 1. The number of anilines is 1. The van der Waals surface area contributed by atoms with Crippen LogP contribution in [0.1, 0.15) is 19.4 Å². The maximum atomic E-state index is 11.3. The standard InChI is InChI=1S/C14H19NO2S/c1-8-6-12(13(17-5)7-14(8)18)15-10(3)9(2)11(4)16/h6-7,9,15,18H,3H2,1-2,4-5H3. The maximum Gasteiger partial charge on any atom is 0.143 e. The topological polar surface area (TPSA) is 38.3 Å². The summed E-state index contributed by atoms with van der Waals surface area (Å²) in [4.78, 5) is 12.2. The highest BCUT2D eigenvalue weighted by molar-refractivity contribution is 7.80. The molecule has 0 saturated heterocycles. The fraction of sp³-hybridized carbons (Fsp3) is 0.357. The SMILES string of the molecule is C=C(Nc1cc(C)c(S)cc1OC)C(C)C(C)=O. The Kier molecular flexibility index (Phi) is 4.84. The van der Waals surface area contributed by atoms with Gasteiger partial charge >= 0.3 is 0 Å². The number of nitrogens with one attached hydrogen (secondary N) is 1. The fourth-order valence-electron chi connectivity index (χ4n) is 1.47. The summed E-state index contributed by atoms with van der Waals surface area (Å²) in [7, 11) is 1.60. The van der Waals surface area contributed by atoms with Crippen LogP contribution in [-0.4, -0.2) is 12.9 Å². The van der Waals surface area contributed by atoms with Crippen molar-refractivity contribution in [2.45, 2.75) is 25.7 Å². The van der Waals surface area contributed by atoms with Crippen LogP contribution in [0.4, 0.5) is 5.69 Å². The molecule has 0 spiro atoms. The lowest BCUT2D eigenvalue weighted by molar-refractivity contribution is -0.119. The Labute approximate surface area is 114 Å². The first kappa shape index (κ1) is 14.6. The average Bonchev–Trinajstić information content (AvgIpc) is 2.32. The van der Waals surface area contributed by atoms with Crippen LogP contribution in [0, 0.1) is 12.8 Å². The van der Waals surface area contributed by atoms with E-state index in [1.807, 2.05) is 26.0 Å². The zero-order valence-electron chi connectivity index (χ0n) is 11.2. The van der Waals surface area contributed by atoms with Gasteiger partial charge in [0.25, 0.3) is 0 Å². The molecule has 1 N–H and O–H groups in total. The highest BCUT2D eigenvalue weighted by Gasteiger charge is 2.14. The number of benzene rings is 1. The van der Waals surface area contributed by atoms with Crippen molar-refractivity contribution in [3.05, 3.63) is 30.0 Å². The summed E-state index contributed by atoms with van der Waals surface area (Å²) in [5, 5.41) is 3.14. The Bertz CT molecular complexity index is 483. The number of ether oxygens (including phenoxy) is 1. The molecule has 0 heterocycles. The van der Waals surface area contributed by atoms with Gasteiger partial charge in [-0.05, 0) is 38.5 Å². The lowest BCUT2D eigenvalue weighted by atomic mass is 10.0. The van der Waals surface area contributed by atoms with Crippen LogP contribution in [0.2, 0.25) is 0 Å². The minimum atomic E-state index is -0.231. The lowest BCUT2D eigenvalue weighted by Gasteiger charge is -2.17. The van der Waals surface area contributed by atoms with E-state index in [1.54, 1.807) is 14.0 Å². The molecule has 1 rings (SSSR count). The van der Waals surface area contributed by atoms with E-state index in [0.29, 0.717) is 11.4 Å². The van der Waals surface area contributed by atoms with Gasteiger partial charge in [-0.3, -0.25) is 4.79 Å². The molecule has 0 aliphatic heterocycles. The summed E-state index contributed by atoms with van der Waals surface area (Å²) in [6.07, 6.45) is 0. The third kappa shape index (κ3) is 3.29. The predicted octanol–water partition coefficient (Wildman–Crippen LogP) is 3.44. The number of carbonyl (C=O) groups is 1. The van der Waals surface area contributed by atoms with Crippen molar-refractivity contribution in [2.75, 3.05) is 12.4 Å². The summed E-state index contributed by atoms with van der Waals surface area (Å²) < 4.78 is 5.28. The second kappa shape index (κ2) is 5.96. The zero-order chi connectivity index (χ0) is 13.9. The van der Waals surface area contributed by atoms with E-state index >= 15 is 0 Å². The minimum absolute atomic E-state index is 0.0778. The molecule has 98 valence electrons. The Balaban J connectivity index is 3.00. The first-order chi connectivity index (χ1) is 8.36. The Morgan fingerprint density at radius 3 is 2.61 bits per heavy atom. The van der Waals surface area contributed by atoms with Gasteiger partial charge in [0.2, 0.25) is 0 Å². The summed E-state index contributed by atoms with van der Waals surface area (Å²) in [6.45, 7) is 9.23. The van der Waals surface area contributed by atoms with Crippen molar-refractivity contribution >= 4 is 24.1 Å². The van der Waals surface area contributed by atoms with Gasteiger partial charge in [-0.15, -0.1) is 12.6 Å². The molecule has 18 heavy (non-hydrogen) atoms. The zero-order valence-corrected chi connectivity index (χ0v) is 12.1. The van der Waals surface area contributed by atoms with Crippen LogP contribution >= 0.6 is 12.6 Å². The second-order valence-corrected chi connectivity index (χ2v) is 4.80. The number of rotatable bonds is 5. The molecule has 0 aliphatic rings. The molecule has 0 amide bonds. The number of Topliss-reactive ketones (excluding diaryl/α,β-unsaturated/α-hetero) is 1. The molecule has 0 aromatic heterocycles. The van der Waals surface area contributed by atoms with Gasteiger partial charge in [-0.25, -0.2) is 0 Å². The number of hydrogen-bond acceptors (Lipinski definition) is 4. The van der Waals surface area contributed by atoms with Gasteiger partial charge in [0, 0.05) is 10.6 Å². The summed E-state index contributed by atoms with van der Waals surface area (Å²) in [6, 6.07) is 3.77. The molecule has 0 fully saturated rings. The van der Waals surface area contributed by atoms with E-state index in [4.69, 9.17) is 4.74 Å². The summed E-state index contributed by atoms with van der Waals surface area (Å²) >= 11 is 4.35. The van der Waals surface area contributed by atoms with E-state index in [0.717, 1.165) is 16.1 Å². The van der Waals surface area contributed by atoms with E-state index in [-0.39, 0.29) is 11.7 Å². The molecular weight excluding hydrogens is 246 g/mol. The molecule has 1 aromatic rings. The van der Waals surface area contributed by atoms with Gasteiger partial charge in [0.1, 0.15) is 11.5 Å². The first-order valence-corrected chi connectivity index (χ1v) is 6.15. The van der Waals surface area contributed by atoms with E-state index in [9.17, 15) is 4.79 Å². The number of aryl methyl sites for hydroxylation is 1. The Morgan fingerprint density at radius 1 is 1.50 bits per heavy atom. The average molecular weight is 265 g/mol. The second-order valence-electron chi connectivity index (χ2n) is 4.32. The third-order valence-corrected chi connectivity index (χ3v) is 3.43. The van der Waals surface area contributed by atoms with E-state index < -0.39 is 0 Å². The molecule has 0 bridgehead atoms. The maximum absolute atomic E-state index is 11.3. The third-order valence-electron chi connectivity index (χ3n) is 2.95. The smallest absolute Gasteiger partial charge is 0.143 e. The van der Waals surface area contributed by atoms with Crippen LogP contribution in [-0.2, 0) is 4.79 Å². The van der Waals surface area contributed by atoms with Crippen LogP contribution in [0.5, 0.6) is 5.75 Å². The minimum Gasteiger partial charge on any atom is -0.495 e. The molecule has 0 saturated carbocycles. The lowest BCUT2D eigenvalue weighted by Crippen LogP contribution is -2.15. The molecule has 1 aromatic carbocycles. The van der Waals surface area contributed by atoms with Crippen LogP contribution < -0.4 is 10.1 Å². The van der Waals surface area contributed by atoms with Gasteiger partial charge in [-0.1, -0.05) is 6.58 Å². The number of thiol groups is 1. The van der Waals surface area contributed by atoms with Gasteiger partial charge in [0.15, 0.2) is 0 Å². The molecule has 0 aliphatic carbocycles. The van der Waals surface area contributed by atoms with E-state index in [2.05, 4.69) is 24.5 Å². The molecule has 4 heteroatoms. The monoisotopic (exact) mass is 265 g/mol. The molecule has 1 unspecified atom stereocenters. The van der Waals surface area contributed by atoms with Crippen molar-refractivity contribution in [3.63, 3.8) is 0 Å². The predicted molar refractivity (Wildman–Crippen MR) is 77.6 cm³/mol. The number of allylic oxidation sites excluding steroid dienone is 1. The highest BCUT2D eigenvalue weighted by atomic mass is 32.1. The van der Waals surface area contributed by atoms with Crippen molar-refractivity contribution < 1.29 is 9.53 Å². The molecule has 1 atom stereocenters. The summed E-state index contributed by atoms with van der Waals surface area (Å²) in [5.74, 6) is 0.530. The Hall–Kier alpha value is -1.42. The number of carbonyl (C=O) groups excluding carboxylic acids is 1. The molecule has 0 radical (unpaired) electrons. The van der Waals surface area contributed by atoms with E-state index in [1.165, 1.54) is 0 Å². The van der Waals surface area contributed by atoms with Crippen molar-refractivity contribution in [1.82, 2.24) is 0 Å². The Morgan fingerprint density at radius 2 is 2.11 bits per heavy atom.